The molecule has 4 aromatic rings. The largest absolute Gasteiger partial charge is 0.497 e. The monoisotopic (exact) mass is 426 g/mol. The topological polar surface area (TPSA) is 52.8 Å². The maximum absolute atomic E-state index is 5.23. The quantitative estimate of drug-likeness (QED) is 0.351. The van der Waals surface area contributed by atoms with Gasteiger partial charge in [-0.1, -0.05) is 17.8 Å². The molecule has 0 spiro atoms. The van der Waals surface area contributed by atoms with E-state index in [0.29, 0.717) is 6.04 Å². The Balaban J connectivity index is 1.32. The van der Waals surface area contributed by atoms with Gasteiger partial charge in [-0.2, -0.15) is 0 Å². The highest BCUT2D eigenvalue weighted by Crippen LogP contribution is 2.42. The van der Waals surface area contributed by atoms with Gasteiger partial charge in [-0.25, -0.2) is 4.98 Å². The average molecular weight is 427 g/mol. The summed E-state index contributed by atoms with van der Waals surface area (Å²) in [5, 5.41) is 15.2. The number of thiophene rings is 1. The number of hydrogen-bond donors (Lipinski definition) is 0. The van der Waals surface area contributed by atoms with E-state index >= 15 is 0 Å². The summed E-state index contributed by atoms with van der Waals surface area (Å²) in [4.78, 5) is 5.98. The molecule has 1 fully saturated rings. The summed E-state index contributed by atoms with van der Waals surface area (Å²) in [5.41, 5.74) is 2.19. The van der Waals surface area contributed by atoms with Gasteiger partial charge in [0, 0.05) is 22.7 Å². The normalized spacial score (nSPS) is 13.8. The van der Waals surface area contributed by atoms with Crippen LogP contribution in [0.4, 0.5) is 0 Å². The van der Waals surface area contributed by atoms with Crippen LogP contribution in [0.3, 0.4) is 0 Å². The summed E-state index contributed by atoms with van der Waals surface area (Å²) in [5.74, 6) is 2.65. The van der Waals surface area contributed by atoms with E-state index in [2.05, 4.69) is 37.7 Å². The lowest BCUT2D eigenvalue weighted by molar-refractivity contribution is 0.415. The smallest absolute Gasteiger partial charge is 0.192 e. The Morgan fingerprint density at radius 2 is 2.00 bits per heavy atom. The summed E-state index contributed by atoms with van der Waals surface area (Å²) in [6.07, 6.45) is 2.42. The van der Waals surface area contributed by atoms with E-state index in [1.807, 2.05) is 24.3 Å². The molecule has 0 aliphatic heterocycles. The Morgan fingerprint density at radius 3 is 2.71 bits per heavy atom. The van der Waals surface area contributed by atoms with E-state index in [9.17, 15) is 0 Å². The number of nitrogens with zero attached hydrogens (tertiary/aromatic N) is 4. The van der Waals surface area contributed by atoms with Gasteiger partial charge in [0.1, 0.15) is 10.8 Å². The molecule has 0 unspecified atom stereocenters. The number of hydrogen-bond acceptors (Lipinski definition) is 7. The van der Waals surface area contributed by atoms with E-state index in [1.165, 1.54) is 17.7 Å². The van der Waals surface area contributed by atoms with Crippen molar-refractivity contribution in [2.24, 2.45) is 0 Å². The maximum atomic E-state index is 5.23. The molecule has 0 atom stereocenters. The van der Waals surface area contributed by atoms with Crippen molar-refractivity contribution >= 4 is 34.4 Å². The number of thiazole rings is 1. The van der Waals surface area contributed by atoms with Crippen LogP contribution in [-0.4, -0.2) is 26.9 Å². The molecule has 0 N–H and O–H groups in total. The van der Waals surface area contributed by atoms with E-state index in [0.717, 1.165) is 38.7 Å². The average Bonchev–Trinajstić information content (AvgIpc) is 3.16. The van der Waals surface area contributed by atoms with Crippen molar-refractivity contribution in [2.75, 3.05) is 7.11 Å². The van der Waals surface area contributed by atoms with Crippen LogP contribution < -0.4 is 4.74 Å². The van der Waals surface area contributed by atoms with Crippen LogP contribution in [0.15, 0.2) is 52.3 Å². The molecule has 1 aliphatic carbocycles. The lowest BCUT2D eigenvalue weighted by Crippen LogP contribution is -1.99. The molecule has 1 aromatic carbocycles. The highest BCUT2D eigenvalue weighted by atomic mass is 32.2. The van der Waals surface area contributed by atoms with Gasteiger partial charge in [0.05, 0.1) is 17.7 Å². The fraction of sp³-hybridized carbons (Fsp3) is 0.250. The Hall–Kier alpha value is -2.16. The standard InChI is InChI=1S/C20H18N4OS3/c1-25-16-8-4-13(5-9-16)19-21-14(11-27-19)12-28-20-23-22-18(17-3-2-10-26-17)24(20)15-6-7-15/h2-5,8-11,15H,6-7,12H2,1H3. The third kappa shape index (κ3) is 3.59. The highest BCUT2D eigenvalue weighted by Gasteiger charge is 2.30. The fourth-order valence-corrected chi connectivity index (χ4v) is 5.52. The van der Waals surface area contributed by atoms with Gasteiger partial charge in [0.25, 0.3) is 0 Å². The molecule has 8 heteroatoms. The van der Waals surface area contributed by atoms with Crippen LogP contribution in [0.25, 0.3) is 21.3 Å². The van der Waals surface area contributed by atoms with Crippen LogP contribution >= 0.6 is 34.4 Å². The molecule has 0 amide bonds. The predicted octanol–water partition coefficient (Wildman–Crippen LogP) is 5.77. The Morgan fingerprint density at radius 1 is 1.14 bits per heavy atom. The second kappa shape index (κ2) is 7.69. The summed E-state index contributed by atoms with van der Waals surface area (Å²) in [6.45, 7) is 0. The minimum absolute atomic E-state index is 0.542. The lowest BCUT2D eigenvalue weighted by atomic mass is 10.2. The van der Waals surface area contributed by atoms with Gasteiger partial charge in [-0.3, -0.25) is 4.57 Å². The van der Waals surface area contributed by atoms with E-state index in [-0.39, 0.29) is 0 Å². The second-order valence-electron chi connectivity index (χ2n) is 6.55. The summed E-state index contributed by atoms with van der Waals surface area (Å²) in [6, 6.07) is 12.8. The van der Waals surface area contributed by atoms with Crippen LogP contribution in [0.1, 0.15) is 24.6 Å². The number of thioether (sulfide) groups is 1. The third-order valence-corrected chi connectivity index (χ3v) is 7.34. The van der Waals surface area contributed by atoms with Crippen LogP contribution in [-0.2, 0) is 5.75 Å². The molecule has 0 saturated heterocycles. The molecule has 1 saturated carbocycles. The van der Waals surface area contributed by atoms with Gasteiger partial charge < -0.3 is 4.74 Å². The Labute approximate surface area is 175 Å². The van der Waals surface area contributed by atoms with Crippen molar-refractivity contribution in [3.05, 3.63) is 52.9 Å². The van der Waals surface area contributed by atoms with Crippen molar-refractivity contribution < 1.29 is 4.74 Å². The fourth-order valence-electron chi connectivity index (χ4n) is 2.99. The van der Waals surface area contributed by atoms with E-state index in [4.69, 9.17) is 9.72 Å². The molecule has 142 valence electrons. The predicted molar refractivity (Wildman–Crippen MR) is 115 cm³/mol. The first-order valence-corrected chi connectivity index (χ1v) is 11.8. The number of rotatable bonds is 7. The zero-order chi connectivity index (χ0) is 18.9. The molecular formula is C20H18N4OS3. The molecule has 5 nitrogen and oxygen atoms in total. The zero-order valence-electron chi connectivity index (χ0n) is 15.2. The van der Waals surface area contributed by atoms with Gasteiger partial charge in [-0.05, 0) is 48.6 Å². The highest BCUT2D eigenvalue weighted by molar-refractivity contribution is 7.98. The van der Waals surface area contributed by atoms with Crippen LogP contribution in [0.2, 0.25) is 0 Å². The lowest BCUT2D eigenvalue weighted by Gasteiger charge is -2.07. The summed E-state index contributed by atoms with van der Waals surface area (Å²) in [7, 11) is 1.68. The second-order valence-corrected chi connectivity index (χ2v) is 9.29. The third-order valence-electron chi connectivity index (χ3n) is 4.56. The minimum atomic E-state index is 0.542. The molecule has 3 aromatic heterocycles. The zero-order valence-corrected chi connectivity index (χ0v) is 17.7. The summed E-state index contributed by atoms with van der Waals surface area (Å²) < 4.78 is 7.54. The minimum Gasteiger partial charge on any atom is -0.497 e. The van der Waals surface area contributed by atoms with Gasteiger partial charge in [-0.15, -0.1) is 32.9 Å². The first-order chi connectivity index (χ1) is 13.8. The molecule has 3 heterocycles. The van der Waals surface area contributed by atoms with Crippen molar-refractivity contribution in [3.63, 3.8) is 0 Å². The number of benzene rings is 1. The molecule has 0 radical (unpaired) electrons. The van der Waals surface area contributed by atoms with E-state index < -0.39 is 0 Å². The number of ether oxygens (including phenoxy) is 1. The SMILES string of the molecule is COc1ccc(-c2nc(CSc3nnc(-c4cccs4)n3C3CC3)cs2)cc1. The van der Waals surface area contributed by atoms with Crippen molar-refractivity contribution in [1.82, 2.24) is 19.7 Å². The molecule has 5 rings (SSSR count). The molecular weight excluding hydrogens is 408 g/mol. The molecule has 28 heavy (non-hydrogen) atoms. The van der Waals surface area contributed by atoms with Gasteiger partial charge >= 0.3 is 0 Å². The number of aromatic nitrogens is 4. The first kappa shape index (κ1) is 17.9. The van der Waals surface area contributed by atoms with Crippen LogP contribution in [0.5, 0.6) is 5.75 Å². The number of methoxy groups -OCH3 is 1. The molecule has 1 aliphatic rings. The van der Waals surface area contributed by atoms with Gasteiger partial charge in [0.15, 0.2) is 11.0 Å². The van der Waals surface area contributed by atoms with Crippen molar-refractivity contribution in [3.8, 4) is 27.0 Å². The Kier molecular flexibility index (Phi) is 4.92. The Bertz CT molecular complexity index is 1070. The first-order valence-electron chi connectivity index (χ1n) is 9.02. The summed E-state index contributed by atoms with van der Waals surface area (Å²) >= 11 is 5.10. The van der Waals surface area contributed by atoms with Crippen molar-refractivity contribution in [1.29, 1.82) is 0 Å². The van der Waals surface area contributed by atoms with Gasteiger partial charge in [0.2, 0.25) is 0 Å². The molecule has 0 bridgehead atoms. The van der Waals surface area contributed by atoms with Crippen LogP contribution in [0, 0.1) is 0 Å². The maximum Gasteiger partial charge on any atom is 0.192 e. The van der Waals surface area contributed by atoms with Crippen molar-refractivity contribution in [2.45, 2.75) is 29.8 Å². The van der Waals surface area contributed by atoms with E-state index in [1.54, 1.807) is 41.5 Å².